The number of benzene rings is 2. The number of rotatable bonds is 14. The summed E-state index contributed by atoms with van der Waals surface area (Å²) >= 11 is 3.97. The number of aliphatic carboxylic acids is 1. The predicted octanol–water partition coefficient (Wildman–Crippen LogP) is 0.725. The van der Waals surface area contributed by atoms with Crippen molar-refractivity contribution in [2.24, 2.45) is 11.7 Å². The van der Waals surface area contributed by atoms with Crippen LogP contribution in [0.4, 0.5) is 0 Å². The number of hydrogen-bond acceptors (Lipinski definition) is 8. The zero-order chi connectivity index (χ0) is 29.1. The molecule has 2 aromatic carbocycles. The lowest BCUT2D eigenvalue weighted by Crippen LogP contribution is -2.58. The number of phenols is 2. The standard InChI is InChI=1S/C27H36N4O7S/c1-3-15(2)23(28)26(36)30-21(13-17-6-10-19(33)11-7-17)24(34)29-20(12-16-4-8-18(32)9-5-16)25(35)31-22(14-39)27(37)38/h4-11,15,20-23,32-33,39H,3,12-14,28H2,1-2H3,(H,29,34)(H,30,36)(H,31,35)(H,37,38). The first-order chi connectivity index (χ1) is 18.4. The molecule has 5 atom stereocenters. The summed E-state index contributed by atoms with van der Waals surface area (Å²) in [5, 5.41) is 36.2. The zero-order valence-corrected chi connectivity index (χ0v) is 22.7. The normalized spacial score (nSPS) is 14.8. The summed E-state index contributed by atoms with van der Waals surface area (Å²) in [5.41, 5.74) is 7.29. The molecule has 2 rings (SSSR count). The average Bonchev–Trinajstić information content (AvgIpc) is 2.91. The summed E-state index contributed by atoms with van der Waals surface area (Å²) in [4.78, 5) is 50.9. The molecular weight excluding hydrogens is 524 g/mol. The number of carbonyl (C=O) groups is 4. The second-order valence-electron chi connectivity index (χ2n) is 9.36. The summed E-state index contributed by atoms with van der Waals surface area (Å²) in [6, 6.07) is 7.55. The van der Waals surface area contributed by atoms with E-state index < -0.39 is 47.9 Å². The van der Waals surface area contributed by atoms with E-state index >= 15 is 0 Å². The molecule has 0 aliphatic rings. The highest BCUT2D eigenvalue weighted by Gasteiger charge is 2.31. The molecule has 0 saturated carbocycles. The Labute approximate surface area is 232 Å². The van der Waals surface area contributed by atoms with E-state index in [-0.39, 0.29) is 36.0 Å². The number of phenolic OH excluding ortho intramolecular Hbond substituents is 2. The third-order valence-electron chi connectivity index (χ3n) is 6.38. The van der Waals surface area contributed by atoms with Gasteiger partial charge in [-0.3, -0.25) is 14.4 Å². The van der Waals surface area contributed by atoms with Crippen molar-refractivity contribution in [1.82, 2.24) is 16.0 Å². The molecule has 5 unspecified atom stereocenters. The molecule has 12 heteroatoms. The molecule has 39 heavy (non-hydrogen) atoms. The van der Waals surface area contributed by atoms with Crippen LogP contribution in [0.1, 0.15) is 31.4 Å². The van der Waals surface area contributed by atoms with Crippen LogP contribution in [-0.2, 0) is 32.0 Å². The van der Waals surface area contributed by atoms with E-state index in [1.165, 1.54) is 24.3 Å². The summed E-state index contributed by atoms with van der Waals surface area (Å²) in [6.07, 6.45) is 0.657. The van der Waals surface area contributed by atoms with Gasteiger partial charge in [-0.1, -0.05) is 44.5 Å². The van der Waals surface area contributed by atoms with Gasteiger partial charge in [0, 0.05) is 18.6 Å². The largest absolute Gasteiger partial charge is 0.508 e. The smallest absolute Gasteiger partial charge is 0.327 e. The van der Waals surface area contributed by atoms with Crippen molar-refractivity contribution in [2.45, 2.75) is 57.3 Å². The molecule has 2 aromatic rings. The van der Waals surface area contributed by atoms with Gasteiger partial charge in [0.15, 0.2) is 0 Å². The maximum Gasteiger partial charge on any atom is 0.327 e. The lowest BCUT2D eigenvalue weighted by atomic mass is 9.98. The van der Waals surface area contributed by atoms with E-state index in [4.69, 9.17) is 5.73 Å². The van der Waals surface area contributed by atoms with Gasteiger partial charge in [-0.05, 0) is 41.3 Å². The van der Waals surface area contributed by atoms with Crippen molar-refractivity contribution >= 4 is 36.3 Å². The molecule has 0 bridgehead atoms. The third-order valence-corrected chi connectivity index (χ3v) is 6.74. The number of carboxylic acids is 1. The summed E-state index contributed by atoms with van der Waals surface area (Å²) in [6.45, 7) is 3.71. The van der Waals surface area contributed by atoms with Crippen molar-refractivity contribution in [3.63, 3.8) is 0 Å². The van der Waals surface area contributed by atoms with Gasteiger partial charge in [0.1, 0.15) is 29.6 Å². The number of thiol groups is 1. The van der Waals surface area contributed by atoms with Crippen LogP contribution in [0.5, 0.6) is 11.5 Å². The molecule has 212 valence electrons. The Morgan fingerprint density at radius 1 is 0.769 bits per heavy atom. The maximum absolute atomic E-state index is 13.5. The van der Waals surface area contributed by atoms with Gasteiger partial charge in [0.05, 0.1) is 6.04 Å². The molecule has 0 fully saturated rings. The summed E-state index contributed by atoms with van der Waals surface area (Å²) < 4.78 is 0. The Morgan fingerprint density at radius 2 is 1.15 bits per heavy atom. The molecule has 0 heterocycles. The highest BCUT2D eigenvalue weighted by Crippen LogP contribution is 2.14. The van der Waals surface area contributed by atoms with E-state index in [0.29, 0.717) is 17.5 Å². The minimum atomic E-state index is -1.29. The number of aromatic hydroxyl groups is 2. The van der Waals surface area contributed by atoms with Crippen LogP contribution >= 0.6 is 12.6 Å². The highest BCUT2D eigenvalue weighted by molar-refractivity contribution is 7.80. The van der Waals surface area contributed by atoms with E-state index in [2.05, 4.69) is 28.6 Å². The van der Waals surface area contributed by atoms with E-state index in [0.717, 1.165) is 0 Å². The fourth-order valence-electron chi connectivity index (χ4n) is 3.66. The van der Waals surface area contributed by atoms with Crippen molar-refractivity contribution in [2.75, 3.05) is 5.75 Å². The van der Waals surface area contributed by atoms with Crippen LogP contribution in [0.15, 0.2) is 48.5 Å². The van der Waals surface area contributed by atoms with Crippen LogP contribution in [0, 0.1) is 5.92 Å². The molecule has 0 aliphatic carbocycles. The maximum atomic E-state index is 13.5. The Balaban J connectivity index is 2.33. The number of hydrogen-bond donors (Lipinski definition) is 8. The van der Waals surface area contributed by atoms with E-state index in [1.807, 2.05) is 13.8 Å². The van der Waals surface area contributed by atoms with Crippen molar-refractivity contribution in [3.05, 3.63) is 59.7 Å². The number of amides is 3. The van der Waals surface area contributed by atoms with Crippen LogP contribution in [0.25, 0.3) is 0 Å². The molecule has 0 spiro atoms. The Bertz CT molecular complexity index is 1130. The second kappa shape index (κ2) is 15.0. The molecular formula is C27H36N4O7S. The van der Waals surface area contributed by atoms with Crippen LogP contribution < -0.4 is 21.7 Å². The Morgan fingerprint density at radius 3 is 1.51 bits per heavy atom. The zero-order valence-electron chi connectivity index (χ0n) is 21.8. The van der Waals surface area contributed by atoms with Crippen molar-refractivity contribution < 1.29 is 34.5 Å². The SMILES string of the molecule is CCC(C)C(N)C(=O)NC(Cc1ccc(O)cc1)C(=O)NC(Cc1ccc(O)cc1)C(=O)NC(CS)C(=O)O. The number of nitrogens with two attached hydrogens (primary N) is 1. The minimum Gasteiger partial charge on any atom is -0.508 e. The van der Waals surface area contributed by atoms with Gasteiger partial charge >= 0.3 is 5.97 Å². The first kappa shape index (κ1) is 31.4. The number of carboxylic acid groups (broad SMARTS) is 1. The fourth-order valence-corrected chi connectivity index (χ4v) is 3.91. The molecule has 3 amide bonds. The van der Waals surface area contributed by atoms with Gasteiger partial charge in [-0.2, -0.15) is 12.6 Å². The first-order valence-corrected chi connectivity index (χ1v) is 13.1. The van der Waals surface area contributed by atoms with Crippen molar-refractivity contribution in [1.29, 1.82) is 0 Å². The van der Waals surface area contributed by atoms with Gasteiger partial charge < -0.3 is 37.0 Å². The van der Waals surface area contributed by atoms with Gasteiger partial charge in [-0.15, -0.1) is 0 Å². The molecule has 0 aliphatic heterocycles. The van der Waals surface area contributed by atoms with Crippen molar-refractivity contribution in [3.8, 4) is 11.5 Å². The summed E-state index contributed by atoms with van der Waals surface area (Å²) in [5.74, 6) is -3.55. The monoisotopic (exact) mass is 560 g/mol. The topological polar surface area (TPSA) is 191 Å². The highest BCUT2D eigenvalue weighted by atomic mass is 32.1. The third kappa shape index (κ3) is 9.80. The van der Waals surface area contributed by atoms with Gasteiger partial charge in [-0.25, -0.2) is 4.79 Å². The molecule has 8 N–H and O–H groups in total. The lowest BCUT2D eigenvalue weighted by molar-refractivity contribution is -0.141. The van der Waals surface area contributed by atoms with Gasteiger partial charge in [0.25, 0.3) is 0 Å². The lowest BCUT2D eigenvalue weighted by Gasteiger charge is -2.26. The summed E-state index contributed by atoms with van der Waals surface area (Å²) in [7, 11) is 0. The average molecular weight is 561 g/mol. The van der Waals surface area contributed by atoms with Gasteiger partial charge in [0.2, 0.25) is 17.7 Å². The van der Waals surface area contributed by atoms with Crippen LogP contribution in [0.2, 0.25) is 0 Å². The van der Waals surface area contributed by atoms with Crippen LogP contribution in [0.3, 0.4) is 0 Å². The second-order valence-corrected chi connectivity index (χ2v) is 9.72. The molecule has 0 radical (unpaired) electrons. The first-order valence-electron chi connectivity index (χ1n) is 12.5. The molecule has 0 saturated heterocycles. The fraction of sp³-hybridized carbons (Fsp3) is 0.407. The Hall–Kier alpha value is -3.77. The molecule has 0 aromatic heterocycles. The van der Waals surface area contributed by atoms with E-state index in [9.17, 15) is 34.5 Å². The Kier molecular flexibility index (Phi) is 12.1. The quantitative estimate of drug-likeness (QED) is 0.155. The predicted molar refractivity (Wildman–Crippen MR) is 148 cm³/mol. The minimum absolute atomic E-state index is 0.0131. The number of carbonyl (C=O) groups excluding carboxylic acids is 3. The van der Waals surface area contributed by atoms with E-state index in [1.54, 1.807) is 24.3 Å². The molecule has 11 nitrogen and oxygen atoms in total. The number of nitrogens with one attached hydrogen (secondary N) is 3. The van der Waals surface area contributed by atoms with Crippen LogP contribution in [-0.4, -0.2) is 68.9 Å².